The van der Waals surface area contributed by atoms with E-state index in [0.29, 0.717) is 37.0 Å². The van der Waals surface area contributed by atoms with Crippen molar-refractivity contribution in [3.8, 4) is 5.75 Å². The summed E-state index contributed by atoms with van der Waals surface area (Å²) in [4.78, 5) is 317. The van der Waals surface area contributed by atoms with Crippen molar-refractivity contribution in [1.29, 1.82) is 5.41 Å². The van der Waals surface area contributed by atoms with Crippen LogP contribution < -0.4 is 108 Å². The summed E-state index contributed by atoms with van der Waals surface area (Å²) in [5.74, 6) is -24.9. The van der Waals surface area contributed by atoms with Crippen molar-refractivity contribution < 1.29 is 131 Å². The monoisotopic (exact) mass is 2040 g/mol. The lowest BCUT2D eigenvalue weighted by molar-refractivity contribution is -0.145. The van der Waals surface area contributed by atoms with Crippen molar-refractivity contribution >= 4 is 154 Å². The van der Waals surface area contributed by atoms with E-state index in [1.54, 1.807) is 61.6 Å². The van der Waals surface area contributed by atoms with Crippen LogP contribution in [-0.2, 0) is 117 Å². The molecule has 51 nitrogen and oxygen atoms in total. The van der Waals surface area contributed by atoms with Gasteiger partial charge in [0.2, 0.25) is 118 Å². The van der Waals surface area contributed by atoms with Crippen molar-refractivity contribution in [1.82, 2.24) is 99.8 Å². The van der Waals surface area contributed by atoms with E-state index in [2.05, 4.69) is 85.1 Å². The summed E-state index contributed by atoms with van der Waals surface area (Å²) < 4.78 is 0. The molecule has 3 aliphatic rings. The predicted molar refractivity (Wildman–Crippen MR) is 516 cm³/mol. The molecule has 0 radical (unpaired) electrons. The molecule has 3 saturated heterocycles. The Bertz CT molecular complexity index is 4680. The van der Waals surface area contributed by atoms with Crippen LogP contribution in [0.4, 0.5) is 0 Å². The number of carboxylic acids is 3. The number of nitrogens with one attached hydrogen (secondary N) is 17. The smallest absolute Gasteiger partial charge is 0.326 e. The van der Waals surface area contributed by atoms with Gasteiger partial charge in [-0.3, -0.25) is 111 Å². The second kappa shape index (κ2) is 60.0. The summed E-state index contributed by atoms with van der Waals surface area (Å²) >= 11 is 1.38. The third-order valence-electron chi connectivity index (χ3n) is 24.4. The van der Waals surface area contributed by atoms with Gasteiger partial charge in [0.25, 0.3) is 0 Å². The SMILES string of the molecule is CCC(C)C(NC(=O)C(CCC(=O)O)NC(=O)C(C)NC(=O)C(C)NC(=O)C(C)NC(=O)C1CCCN1C(=O)CNC(=O)C1CCCN1C(=O)C(NC(=O)C1CCCN1C(=O)C(C)NC(=O)C(CC(C)C)NC(=O)C(CCC(=O)O)NC(=O)C(CCCNC(=N)N)NC(=O)C(Cc1ccc(O)cc1)NC(=O)C(CC(C)C)NC(=O)C(CC(N)=O)NC(=O)C(CC(N)=O)NC(=O)C(N)CCSC)C(C)CC)C(=O)O. The molecule has 0 spiro atoms. The Balaban J connectivity index is 1.48. The Morgan fingerprint density at radius 1 is 0.413 bits per heavy atom. The molecule has 20 amide bonds. The molecule has 1 aromatic rings. The van der Waals surface area contributed by atoms with Crippen LogP contribution in [0.25, 0.3) is 0 Å². The molecule has 0 saturated carbocycles. The van der Waals surface area contributed by atoms with Gasteiger partial charge in [-0.05, 0) is 165 Å². The number of likely N-dealkylation sites (tertiary alicyclic amines) is 3. The molecule has 1 aromatic carbocycles. The molecule has 0 aromatic heterocycles. The summed E-state index contributed by atoms with van der Waals surface area (Å²) in [6, 6.07) is -20.7. The van der Waals surface area contributed by atoms with Crippen LogP contribution in [0.15, 0.2) is 24.3 Å². The number of amides is 20. The van der Waals surface area contributed by atoms with Crippen LogP contribution in [0.5, 0.6) is 5.75 Å². The lowest BCUT2D eigenvalue weighted by Crippen LogP contribution is -2.61. The van der Waals surface area contributed by atoms with Gasteiger partial charge in [0.1, 0.15) is 108 Å². The fourth-order valence-corrected chi connectivity index (χ4v) is 16.4. The normalized spacial score (nSPS) is 18.0. The number of carboxylic acid groups (broad SMARTS) is 3. The first-order valence-corrected chi connectivity index (χ1v) is 49.3. The largest absolute Gasteiger partial charge is 0.508 e. The average Bonchev–Trinajstić information content (AvgIpc) is 1.69. The molecule has 0 bridgehead atoms. The Morgan fingerprint density at radius 3 is 1.24 bits per heavy atom. The molecular formula is C91H146N24O27S. The minimum absolute atomic E-state index is 0.00169. The molecule has 3 aliphatic heterocycles. The predicted octanol–water partition coefficient (Wildman–Crippen LogP) is -6.02. The van der Waals surface area contributed by atoms with E-state index in [1.165, 1.54) is 78.4 Å². The minimum Gasteiger partial charge on any atom is -0.508 e. The fraction of sp³-hybridized carbons (Fsp3) is 0.670. The fourth-order valence-electron chi connectivity index (χ4n) is 15.9. The van der Waals surface area contributed by atoms with Gasteiger partial charge in [-0.2, -0.15) is 11.8 Å². The van der Waals surface area contributed by atoms with E-state index in [-0.39, 0.29) is 95.6 Å². The van der Waals surface area contributed by atoms with Gasteiger partial charge in [0.15, 0.2) is 5.96 Å². The minimum atomic E-state index is -1.86. The summed E-state index contributed by atoms with van der Waals surface area (Å²) in [6.45, 7) is 18.0. The molecule has 798 valence electrons. The van der Waals surface area contributed by atoms with Gasteiger partial charge >= 0.3 is 17.9 Å². The zero-order valence-electron chi connectivity index (χ0n) is 83.1. The van der Waals surface area contributed by atoms with E-state index < -0.39 is 320 Å². The molecule has 20 atom stereocenters. The van der Waals surface area contributed by atoms with Crippen molar-refractivity contribution in [3.63, 3.8) is 0 Å². The number of hydrogen-bond donors (Lipinski definition) is 25. The maximum absolute atomic E-state index is 14.9. The zero-order chi connectivity index (χ0) is 108. The van der Waals surface area contributed by atoms with E-state index in [9.17, 15) is 131 Å². The highest BCUT2D eigenvalue weighted by Crippen LogP contribution is 2.26. The molecule has 20 unspecified atom stereocenters. The van der Waals surface area contributed by atoms with E-state index in [4.69, 9.17) is 28.3 Å². The quantitative estimate of drug-likeness (QED) is 0.0164. The van der Waals surface area contributed by atoms with Crippen LogP contribution in [-0.4, -0.2) is 331 Å². The average molecular weight is 2040 g/mol. The number of benzene rings is 1. The summed E-state index contributed by atoms with van der Waals surface area (Å²) in [7, 11) is 0. The molecule has 4 rings (SSSR count). The molecule has 3 fully saturated rings. The van der Waals surface area contributed by atoms with Crippen LogP contribution in [0.3, 0.4) is 0 Å². The van der Waals surface area contributed by atoms with Crippen LogP contribution in [0.2, 0.25) is 0 Å². The first-order chi connectivity index (χ1) is 67.1. The van der Waals surface area contributed by atoms with E-state index in [0.717, 1.165) is 0 Å². The zero-order valence-corrected chi connectivity index (χ0v) is 84.0. The van der Waals surface area contributed by atoms with Gasteiger partial charge in [-0.1, -0.05) is 80.4 Å². The first-order valence-electron chi connectivity index (χ1n) is 47.9. The third-order valence-corrected chi connectivity index (χ3v) is 25.1. The summed E-state index contributed by atoms with van der Waals surface area (Å²) in [5.41, 5.74) is 22.8. The number of guanidine groups is 1. The van der Waals surface area contributed by atoms with Crippen LogP contribution in [0, 0.1) is 29.1 Å². The molecule has 29 N–H and O–H groups in total. The molecule has 3 heterocycles. The molecular weight excluding hydrogens is 1890 g/mol. The highest BCUT2D eigenvalue weighted by molar-refractivity contribution is 7.98. The number of nitrogens with zero attached hydrogens (tertiary/aromatic N) is 3. The topological polar surface area (TPSA) is 804 Å². The highest BCUT2D eigenvalue weighted by atomic mass is 32.2. The van der Waals surface area contributed by atoms with E-state index >= 15 is 0 Å². The standard InChI is InChI=1S/C91H146N24O27S/c1-14-46(7)71(89(140)115-36-18-21-63(115)85(136)98-43-68(119)113-34-17-22-64(113)86(137)101-49(10)74(125)99-48(9)73(124)100-50(11)75(126)103-57(29-31-70(122)123)79(130)112-72(90(141)142)47(8)15-2)111-87(138)65-23-19-35-114(65)88(139)51(12)102-80(131)58(38-44(3)4)107-78(129)56(28-30-69(120)121)105-77(128)55(20-16-33-97-91(95)96)104-82(133)60(40-52-24-26-53(116)27-25-52)109-81(132)59(39-45(5)6)108-84(135)62(42-67(94)118)110-83(134)61(41-66(93)117)106-76(127)54(92)32-37-143-13/h24-27,44-51,54-65,71-72,116H,14-23,28-43,92H2,1-13H3,(H2,93,117)(H2,94,118)(H,98,136)(H,99,125)(H,100,124)(H,101,137)(H,102,131)(H,103,126)(H,104,133)(H,105,128)(H,106,127)(H,107,129)(H,108,135)(H,109,132)(H,110,134)(H,111,138)(H,112,130)(H,120,121)(H,122,123)(H,141,142)(H4,95,96,97). The summed E-state index contributed by atoms with van der Waals surface area (Å²) in [5, 5.41) is 86.7. The Hall–Kier alpha value is -13.6. The van der Waals surface area contributed by atoms with Crippen molar-refractivity contribution in [2.75, 3.05) is 44.7 Å². The molecule has 0 aliphatic carbocycles. The first kappa shape index (κ1) is 122. The number of aliphatic carboxylic acids is 3. The number of nitrogens with two attached hydrogens (primary N) is 4. The van der Waals surface area contributed by atoms with Crippen molar-refractivity contribution in [3.05, 3.63) is 29.8 Å². The van der Waals surface area contributed by atoms with Crippen LogP contribution in [0.1, 0.15) is 211 Å². The van der Waals surface area contributed by atoms with Gasteiger partial charge in [-0.15, -0.1) is 0 Å². The number of thioether (sulfide) groups is 1. The van der Waals surface area contributed by atoms with Crippen LogP contribution >= 0.6 is 11.8 Å². The number of hydrogen-bond acceptors (Lipinski definition) is 27. The number of carbonyl (C=O) groups excluding carboxylic acids is 20. The number of rotatable bonds is 61. The molecule has 143 heavy (non-hydrogen) atoms. The van der Waals surface area contributed by atoms with Gasteiger partial charge in [0.05, 0.1) is 25.4 Å². The summed E-state index contributed by atoms with van der Waals surface area (Å²) in [6.07, 6.45) is -1.18. The maximum Gasteiger partial charge on any atom is 0.326 e. The van der Waals surface area contributed by atoms with Gasteiger partial charge in [-0.25, -0.2) is 4.79 Å². The molecule has 52 heteroatoms. The lowest BCUT2D eigenvalue weighted by atomic mass is 9.96. The number of phenols is 1. The third kappa shape index (κ3) is 40.7. The highest BCUT2D eigenvalue weighted by Gasteiger charge is 2.46. The number of aromatic hydroxyl groups is 1. The van der Waals surface area contributed by atoms with E-state index in [1.807, 2.05) is 0 Å². The second-order valence-electron chi connectivity index (χ2n) is 37.0. The number of carbonyl (C=O) groups is 23. The maximum atomic E-state index is 14.9. The number of primary amides is 2. The Morgan fingerprint density at radius 2 is 0.783 bits per heavy atom. The number of phenolic OH excluding ortho intramolecular Hbond substituents is 1. The van der Waals surface area contributed by atoms with Crippen molar-refractivity contribution in [2.24, 2.45) is 46.6 Å². The van der Waals surface area contributed by atoms with Gasteiger partial charge < -0.3 is 143 Å². The second-order valence-corrected chi connectivity index (χ2v) is 38.0. The lowest BCUT2D eigenvalue weighted by Gasteiger charge is -2.33. The Kier molecular flexibility index (Phi) is 51.1. The van der Waals surface area contributed by atoms with Crippen molar-refractivity contribution in [2.45, 2.75) is 320 Å². The van der Waals surface area contributed by atoms with Gasteiger partial charge in [0, 0.05) is 45.4 Å². The Labute approximate surface area is 833 Å².